The number of carbonyl (C=O) groups is 2. The van der Waals surface area contributed by atoms with Gasteiger partial charge >= 0.3 is 6.09 Å². The predicted molar refractivity (Wildman–Crippen MR) is 130 cm³/mol. The highest BCUT2D eigenvalue weighted by Crippen LogP contribution is 2.35. The van der Waals surface area contributed by atoms with Crippen molar-refractivity contribution in [3.8, 4) is 6.07 Å². The summed E-state index contributed by atoms with van der Waals surface area (Å²) >= 11 is 0. The minimum absolute atomic E-state index is 0.130. The van der Waals surface area contributed by atoms with Crippen LogP contribution in [-0.4, -0.2) is 93.9 Å². The van der Waals surface area contributed by atoms with E-state index >= 15 is 0 Å². The highest BCUT2D eigenvalue weighted by atomic mass is 19.1. The molecule has 0 spiro atoms. The van der Waals surface area contributed by atoms with E-state index in [0.717, 1.165) is 26.2 Å². The van der Waals surface area contributed by atoms with Crippen molar-refractivity contribution in [1.82, 2.24) is 24.5 Å². The second-order valence-corrected chi connectivity index (χ2v) is 9.36. The molecule has 2 aliphatic heterocycles. The fourth-order valence-corrected chi connectivity index (χ4v) is 5.00. The Morgan fingerprint density at radius 3 is 2.53 bits per heavy atom. The summed E-state index contributed by atoms with van der Waals surface area (Å²) in [5.41, 5.74) is 6.23. The standard InChI is InChI=1S/C24H31FN8O3/c1-30-10-12-31(13-11-30)8-6-20-18(14-26)21(7-9-32(20)24(35)36)33-15-19(22(27)34)23(29-33)28-17-4-2-16(25)3-5-17/h2-5,15,18,20-21H,6-13H2,1H3,(H2,27,34)(H,28,29)(H,35,36)/t18-,20?,21-/m1/s1. The van der Waals surface area contributed by atoms with E-state index in [1.165, 1.54) is 35.4 Å². The average molecular weight is 499 g/mol. The van der Waals surface area contributed by atoms with Crippen molar-refractivity contribution in [2.45, 2.75) is 24.9 Å². The Morgan fingerprint density at radius 1 is 1.22 bits per heavy atom. The number of anilines is 2. The van der Waals surface area contributed by atoms with Gasteiger partial charge in [-0.1, -0.05) is 0 Å². The van der Waals surface area contributed by atoms with Crippen LogP contribution in [0.2, 0.25) is 0 Å². The van der Waals surface area contributed by atoms with Gasteiger partial charge in [-0.25, -0.2) is 9.18 Å². The lowest BCUT2D eigenvalue weighted by Crippen LogP contribution is -2.53. The number of likely N-dealkylation sites (tertiary alicyclic amines) is 1. The molecule has 0 radical (unpaired) electrons. The van der Waals surface area contributed by atoms with Gasteiger partial charge in [0.15, 0.2) is 5.82 Å². The molecular formula is C24H31FN8O3. The molecule has 2 saturated heterocycles. The summed E-state index contributed by atoms with van der Waals surface area (Å²) in [6.45, 7) is 4.64. The van der Waals surface area contributed by atoms with E-state index in [2.05, 4.69) is 33.3 Å². The van der Waals surface area contributed by atoms with Gasteiger partial charge in [0.1, 0.15) is 11.4 Å². The molecule has 12 heteroatoms. The number of rotatable bonds is 7. The minimum atomic E-state index is -1.05. The molecule has 1 unspecified atom stereocenters. The van der Waals surface area contributed by atoms with Crippen LogP contribution >= 0.6 is 0 Å². The van der Waals surface area contributed by atoms with E-state index < -0.39 is 35.8 Å². The Kier molecular flexibility index (Phi) is 7.71. The topological polar surface area (TPSA) is 144 Å². The van der Waals surface area contributed by atoms with Gasteiger partial charge in [0.25, 0.3) is 5.91 Å². The first-order chi connectivity index (χ1) is 17.3. The van der Waals surface area contributed by atoms with Gasteiger partial charge in [-0.05, 0) is 44.2 Å². The number of nitrogens with two attached hydrogens (primary N) is 1. The van der Waals surface area contributed by atoms with Crippen molar-refractivity contribution in [2.75, 3.05) is 51.6 Å². The van der Waals surface area contributed by atoms with Crippen LogP contribution in [0.5, 0.6) is 0 Å². The third-order valence-electron chi connectivity index (χ3n) is 7.07. The molecule has 0 bridgehead atoms. The van der Waals surface area contributed by atoms with Gasteiger partial charge in [-0.3, -0.25) is 9.48 Å². The lowest BCUT2D eigenvalue weighted by atomic mass is 9.84. The summed E-state index contributed by atoms with van der Waals surface area (Å²) in [7, 11) is 2.07. The number of nitrogens with one attached hydrogen (secondary N) is 1. The highest BCUT2D eigenvalue weighted by molar-refractivity contribution is 5.98. The number of carboxylic acid groups (broad SMARTS) is 1. The molecule has 2 amide bonds. The average Bonchev–Trinajstić information content (AvgIpc) is 3.28. The molecule has 0 saturated carbocycles. The van der Waals surface area contributed by atoms with Crippen molar-refractivity contribution in [2.24, 2.45) is 11.7 Å². The van der Waals surface area contributed by atoms with Crippen molar-refractivity contribution in [3.05, 3.63) is 41.8 Å². The van der Waals surface area contributed by atoms with Gasteiger partial charge in [0.05, 0.1) is 24.1 Å². The van der Waals surface area contributed by atoms with Crippen LogP contribution in [0.25, 0.3) is 0 Å². The molecule has 4 N–H and O–H groups in total. The molecular weight excluding hydrogens is 467 g/mol. The number of nitrogens with zero attached hydrogens (tertiary/aromatic N) is 6. The zero-order valence-corrected chi connectivity index (χ0v) is 20.2. The Hall–Kier alpha value is -3.69. The predicted octanol–water partition coefficient (Wildman–Crippen LogP) is 1.94. The number of likely N-dealkylation sites (N-methyl/N-ethyl adjacent to an activating group) is 1. The zero-order chi connectivity index (χ0) is 25.8. The number of aromatic nitrogens is 2. The van der Waals surface area contributed by atoms with Gasteiger partial charge in [-0.2, -0.15) is 10.4 Å². The largest absolute Gasteiger partial charge is 0.465 e. The maximum atomic E-state index is 13.3. The van der Waals surface area contributed by atoms with Crippen LogP contribution in [0.3, 0.4) is 0 Å². The summed E-state index contributed by atoms with van der Waals surface area (Å²) in [4.78, 5) is 30.0. The molecule has 0 aliphatic carbocycles. The number of carbonyl (C=O) groups excluding carboxylic acids is 1. The maximum Gasteiger partial charge on any atom is 0.407 e. The van der Waals surface area contributed by atoms with Crippen molar-refractivity contribution < 1.29 is 19.1 Å². The molecule has 1 aromatic carbocycles. The van der Waals surface area contributed by atoms with Crippen LogP contribution in [0.1, 0.15) is 29.2 Å². The Morgan fingerprint density at radius 2 is 1.92 bits per heavy atom. The van der Waals surface area contributed by atoms with Crippen LogP contribution < -0.4 is 11.1 Å². The third kappa shape index (κ3) is 5.58. The van der Waals surface area contributed by atoms with Crippen LogP contribution in [-0.2, 0) is 0 Å². The Bertz CT molecular complexity index is 1120. The molecule has 3 atom stereocenters. The lowest BCUT2D eigenvalue weighted by Gasteiger charge is -2.42. The molecule has 1 aromatic heterocycles. The van der Waals surface area contributed by atoms with E-state index in [1.54, 1.807) is 4.68 Å². The zero-order valence-electron chi connectivity index (χ0n) is 20.2. The molecule has 11 nitrogen and oxygen atoms in total. The number of piperidine rings is 1. The SMILES string of the molecule is CN1CCN(CCC2[C@@H](C#N)[C@H](n3cc(C(N)=O)c(Nc4ccc(F)cc4)n3)CCN2C(=O)O)CC1. The number of hydrogen-bond acceptors (Lipinski definition) is 7. The van der Waals surface area contributed by atoms with E-state index in [-0.39, 0.29) is 17.9 Å². The third-order valence-corrected chi connectivity index (χ3v) is 7.07. The van der Waals surface area contributed by atoms with Crippen LogP contribution in [0.15, 0.2) is 30.5 Å². The molecule has 36 heavy (non-hydrogen) atoms. The van der Waals surface area contributed by atoms with Crippen LogP contribution in [0.4, 0.5) is 20.7 Å². The number of piperazine rings is 1. The number of nitriles is 1. The lowest BCUT2D eigenvalue weighted by molar-refractivity contribution is 0.0539. The summed E-state index contributed by atoms with van der Waals surface area (Å²) in [6, 6.07) is 6.95. The Labute approximate surface area is 208 Å². The minimum Gasteiger partial charge on any atom is -0.465 e. The summed E-state index contributed by atoms with van der Waals surface area (Å²) in [5.74, 6) is -1.57. The molecule has 2 fully saturated rings. The number of hydrogen-bond donors (Lipinski definition) is 3. The summed E-state index contributed by atoms with van der Waals surface area (Å²) in [5, 5.41) is 27.5. The second kappa shape index (κ2) is 10.9. The van der Waals surface area contributed by atoms with E-state index in [9.17, 15) is 24.3 Å². The number of amides is 2. The van der Waals surface area contributed by atoms with Gasteiger partial charge in [-0.15, -0.1) is 0 Å². The summed E-state index contributed by atoms with van der Waals surface area (Å²) < 4.78 is 14.8. The smallest absolute Gasteiger partial charge is 0.407 e. The van der Waals surface area contributed by atoms with E-state index in [4.69, 9.17) is 5.73 Å². The monoisotopic (exact) mass is 498 g/mol. The molecule has 2 aromatic rings. The molecule has 192 valence electrons. The number of primary amides is 1. The van der Waals surface area contributed by atoms with Crippen molar-refractivity contribution >= 4 is 23.5 Å². The first-order valence-corrected chi connectivity index (χ1v) is 12.0. The number of halogens is 1. The quantitative estimate of drug-likeness (QED) is 0.525. The highest BCUT2D eigenvalue weighted by Gasteiger charge is 2.42. The normalized spacial score (nSPS) is 23.2. The fourth-order valence-electron chi connectivity index (χ4n) is 5.00. The van der Waals surface area contributed by atoms with E-state index in [1.807, 2.05) is 0 Å². The van der Waals surface area contributed by atoms with Crippen molar-refractivity contribution in [1.29, 1.82) is 5.26 Å². The van der Waals surface area contributed by atoms with Gasteiger partial charge in [0.2, 0.25) is 0 Å². The maximum absolute atomic E-state index is 13.3. The number of benzene rings is 1. The van der Waals surface area contributed by atoms with Gasteiger partial charge < -0.3 is 30.9 Å². The molecule has 4 rings (SSSR count). The van der Waals surface area contributed by atoms with E-state index in [0.29, 0.717) is 25.1 Å². The first-order valence-electron chi connectivity index (χ1n) is 12.0. The van der Waals surface area contributed by atoms with Gasteiger partial charge in [0, 0.05) is 51.2 Å². The summed E-state index contributed by atoms with van der Waals surface area (Å²) in [6.07, 6.45) is 1.34. The van der Waals surface area contributed by atoms with Crippen molar-refractivity contribution in [3.63, 3.8) is 0 Å². The second-order valence-electron chi connectivity index (χ2n) is 9.36. The Balaban J connectivity index is 1.57. The molecule has 2 aliphatic rings. The molecule has 3 heterocycles. The fraction of sp³-hybridized carbons (Fsp3) is 0.500. The first kappa shape index (κ1) is 25.4. The van der Waals surface area contributed by atoms with Crippen LogP contribution in [0, 0.1) is 23.1 Å².